The molecule has 1 N–H and O–H groups in total. The van der Waals surface area contributed by atoms with Gasteiger partial charge in [0.25, 0.3) is 11.8 Å². The normalized spacial score (nSPS) is 14.1. The largest absolute Gasteiger partial charge is 0.300 e. The lowest BCUT2D eigenvalue weighted by atomic mass is 10.1. The minimum absolute atomic E-state index is 0.323. The average Bonchev–Trinajstić information content (AvgIpc) is 3.31. The Morgan fingerprint density at radius 1 is 1.07 bits per heavy atom. The Morgan fingerprint density at radius 2 is 1.69 bits per heavy atom. The summed E-state index contributed by atoms with van der Waals surface area (Å²) in [5.41, 5.74) is 3.62. The molecule has 2 aromatic carbocycles. The molecule has 0 unspecified atom stereocenters. The van der Waals surface area contributed by atoms with Gasteiger partial charge in [-0.05, 0) is 31.0 Å². The number of fused-ring (bicyclic) bond motifs is 1. The number of amides is 3. The first-order chi connectivity index (χ1) is 14.0. The Labute approximate surface area is 172 Å². The van der Waals surface area contributed by atoms with Gasteiger partial charge in [-0.3, -0.25) is 19.3 Å². The number of thiazole rings is 1. The van der Waals surface area contributed by atoms with Crippen molar-refractivity contribution in [3.8, 4) is 11.3 Å². The van der Waals surface area contributed by atoms with E-state index in [4.69, 9.17) is 0 Å². The van der Waals surface area contributed by atoms with Gasteiger partial charge >= 0.3 is 0 Å². The van der Waals surface area contributed by atoms with Crippen LogP contribution in [0.4, 0.5) is 5.13 Å². The summed E-state index contributed by atoms with van der Waals surface area (Å²) in [4.78, 5) is 43.3. The summed E-state index contributed by atoms with van der Waals surface area (Å²) in [6.07, 6.45) is 0.967. The highest BCUT2D eigenvalue weighted by molar-refractivity contribution is 7.14. The molecule has 0 aliphatic carbocycles. The lowest BCUT2D eigenvalue weighted by Crippen LogP contribution is -2.45. The van der Waals surface area contributed by atoms with E-state index < -0.39 is 23.8 Å². The van der Waals surface area contributed by atoms with Gasteiger partial charge in [0.1, 0.15) is 6.04 Å². The number of carbonyl (C=O) groups is 3. The number of hydrogen-bond donors (Lipinski definition) is 1. The van der Waals surface area contributed by atoms with E-state index in [9.17, 15) is 14.4 Å². The van der Waals surface area contributed by atoms with Crippen LogP contribution in [0.5, 0.6) is 0 Å². The van der Waals surface area contributed by atoms with Crippen molar-refractivity contribution >= 4 is 34.2 Å². The highest BCUT2D eigenvalue weighted by atomic mass is 32.1. The maximum atomic E-state index is 12.7. The van der Waals surface area contributed by atoms with E-state index in [1.807, 2.05) is 17.5 Å². The van der Waals surface area contributed by atoms with Gasteiger partial charge in [0.05, 0.1) is 16.8 Å². The molecule has 6 nitrogen and oxygen atoms in total. The van der Waals surface area contributed by atoms with Crippen molar-refractivity contribution in [3.63, 3.8) is 0 Å². The molecule has 1 aliphatic heterocycles. The van der Waals surface area contributed by atoms with Crippen LogP contribution < -0.4 is 5.32 Å². The van der Waals surface area contributed by atoms with Crippen molar-refractivity contribution in [3.05, 3.63) is 70.6 Å². The van der Waals surface area contributed by atoms with Crippen LogP contribution in [0.3, 0.4) is 0 Å². The molecule has 0 saturated carbocycles. The van der Waals surface area contributed by atoms with Crippen molar-refractivity contribution < 1.29 is 14.4 Å². The van der Waals surface area contributed by atoms with Crippen LogP contribution in [0.15, 0.2) is 53.9 Å². The maximum absolute atomic E-state index is 12.7. The molecule has 146 valence electrons. The molecule has 3 aromatic rings. The average molecular weight is 405 g/mol. The van der Waals surface area contributed by atoms with Crippen molar-refractivity contribution in [1.29, 1.82) is 0 Å². The van der Waals surface area contributed by atoms with Crippen molar-refractivity contribution in [2.24, 2.45) is 0 Å². The number of hydrogen-bond acceptors (Lipinski definition) is 5. The monoisotopic (exact) mass is 405 g/mol. The number of benzene rings is 2. The third-order valence-corrected chi connectivity index (χ3v) is 5.74. The molecule has 0 fully saturated rings. The summed E-state index contributed by atoms with van der Waals surface area (Å²) in [5, 5.41) is 5.01. The third-order valence-electron chi connectivity index (χ3n) is 4.98. The van der Waals surface area contributed by atoms with Crippen LogP contribution in [0, 0.1) is 0 Å². The zero-order valence-electron chi connectivity index (χ0n) is 16.0. The van der Waals surface area contributed by atoms with Crippen molar-refractivity contribution in [2.75, 3.05) is 5.32 Å². The van der Waals surface area contributed by atoms with Gasteiger partial charge in [-0.1, -0.05) is 43.3 Å². The van der Waals surface area contributed by atoms with Crippen molar-refractivity contribution in [1.82, 2.24) is 9.88 Å². The zero-order chi connectivity index (χ0) is 20.5. The molecule has 1 atom stereocenters. The van der Waals surface area contributed by atoms with Crippen LogP contribution in [-0.2, 0) is 11.2 Å². The van der Waals surface area contributed by atoms with Crippen LogP contribution >= 0.6 is 11.3 Å². The number of nitrogens with one attached hydrogen (secondary N) is 1. The van der Waals surface area contributed by atoms with E-state index >= 15 is 0 Å². The smallest absolute Gasteiger partial charge is 0.262 e. The molecule has 0 spiro atoms. The number of anilines is 1. The number of carbonyl (C=O) groups excluding carboxylic acids is 3. The highest BCUT2D eigenvalue weighted by Crippen LogP contribution is 2.27. The second-order valence-corrected chi connectivity index (χ2v) is 7.64. The first kappa shape index (κ1) is 19.0. The second kappa shape index (κ2) is 7.60. The number of aryl methyl sites for hydroxylation is 1. The maximum Gasteiger partial charge on any atom is 0.262 e. The van der Waals surface area contributed by atoms with Crippen LogP contribution in [0.1, 0.15) is 40.1 Å². The van der Waals surface area contributed by atoms with Crippen molar-refractivity contribution in [2.45, 2.75) is 26.3 Å². The Bertz CT molecular complexity index is 1070. The standard InChI is InChI=1S/C22H19N3O3S/c1-3-14-8-10-15(11-9-14)18-12-29-22(23-18)24-19(26)13(2)25-20(27)16-6-4-5-7-17(16)21(25)28/h4-13H,3H2,1-2H3,(H,23,24,26)/t13-/m1/s1. The lowest BCUT2D eigenvalue weighted by molar-refractivity contribution is -0.119. The van der Waals surface area contributed by atoms with Crippen LogP contribution in [0.2, 0.25) is 0 Å². The van der Waals surface area contributed by atoms with E-state index in [2.05, 4.69) is 29.4 Å². The molecule has 4 rings (SSSR count). The van der Waals surface area contributed by atoms with Gasteiger partial charge in [0.2, 0.25) is 5.91 Å². The minimum Gasteiger partial charge on any atom is -0.300 e. The molecule has 2 heterocycles. The van der Waals surface area contributed by atoms with Gasteiger partial charge in [0, 0.05) is 10.9 Å². The molecule has 0 bridgehead atoms. The Balaban J connectivity index is 1.48. The predicted octanol–water partition coefficient (Wildman–Crippen LogP) is 4.00. The highest BCUT2D eigenvalue weighted by Gasteiger charge is 2.40. The van der Waals surface area contributed by atoms with Gasteiger partial charge in [-0.15, -0.1) is 11.3 Å². The molecule has 0 radical (unpaired) electrons. The van der Waals surface area contributed by atoms with Gasteiger partial charge in [0.15, 0.2) is 5.13 Å². The molecule has 0 saturated heterocycles. The van der Waals surface area contributed by atoms with Gasteiger partial charge < -0.3 is 5.32 Å². The Kier molecular flexibility index (Phi) is 4.98. The lowest BCUT2D eigenvalue weighted by Gasteiger charge is -2.21. The summed E-state index contributed by atoms with van der Waals surface area (Å²) in [5.74, 6) is -1.37. The van der Waals surface area contributed by atoms with Crippen LogP contribution in [-0.4, -0.2) is 33.6 Å². The molecule has 29 heavy (non-hydrogen) atoms. The minimum atomic E-state index is -0.946. The fourth-order valence-electron chi connectivity index (χ4n) is 3.26. The molecular formula is C22H19N3O3S. The summed E-state index contributed by atoms with van der Waals surface area (Å²) in [6.45, 7) is 3.63. The zero-order valence-corrected chi connectivity index (χ0v) is 16.8. The predicted molar refractivity (Wildman–Crippen MR) is 112 cm³/mol. The van der Waals surface area contributed by atoms with E-state index in [0.717, 1.165) is 22.6 Å². The quantitative estimate of drug-likeness (QED) is 0.651. The van der Waals surface area contributed by atoms with E-state index in [-0.39, 0.29) is 0 Å². The third kappa shape index (κ3) is 3.45. The number of aromatic nitrogens is 1. The summed E-state index contributed by atoms with van der Waals surface area (Å²) in [7, 11) is 0. The first-order valence-corrected chi connectivity index (χ1v) is 10.2. The fourth-order valence-corrected chi connectivity index (χ4v) is 3.98. The van der Waals surface area contributed by atoms with Gasteiger partial charge in [-0.2, -0.15) is 0 Å². The summed E-state index contributed by atoms with van der Waals surface area (Å²) < 4.78 is 0. The molecule has 1 aliphatic rings. The second-order valence-electron chi connectivity index (χ2n) is 6.78. The fraction of sp³-hybridized carbons (Fsp3) is 0.182. The van der Waals surface area contributed by atoms with Gasteiger partial charge in [-0.25, -0.2) is 4.98 Å². The topological polar surface area (TPSA) is 79.4 Å². The SMILES string of the molecule is CCc1ccc(-c2csc(NC(=O)[C@@H](C)N3C(=O)c4ccccc4C3=O)n2)cc1. The Morgan fingerprint density at radius 3 is 2.28 bits per heavy atom. The first-order valence-electron chi connectivity index (χ1n) is 9.32. The number of rotatable bonds is 5. The molecule has 3 amide bonds. The molecular weight excluding hydrogens is 386 g/mol. The van der Waals surface area contributed by atoms with E-state index in [1.165, 1.54) is 23.8 Å². The summed E-state index contributed by atoms with van der Waals surface area (Å²) >= 11 is 1.30. The van der Waals surface area contributed by atoms with Crippen LogP contribution in [0.25, 0.3) is 11.3 Å². The number of imide groups is 1. The summed E-state index contributed by atoms with van der Waals surface area (Å²) in [6, 6.07) is 13.7. The number of nitrogens with zero attached hydrogens (tertiary/aromatic N) is 2. The Hall–Kier alpha value is -3.32. The van der Waals surface area contributed by atoms with E-state index in [1.54, 1.807) is 24.3 Å². The van der Waals surface area contributed by atoms with E-state index in [0.29, 0.717) is 16.3 Å². The molecule has 7 heteroatoms. The molecule has 1 aromatic heterocycles.